The zero-order valence-corrected chi connectivity index (χ0v) is 9.70. The summed E-state index contributed by atoms with van der Waals surface area (Å²) in [5.41, 5.74) is 1.97. The van der Waals surface area contributed by atoms with Crippen LogP contribution in [-0.4, -0.2) is 5.11 Å². The van der Waals surface area contributed by atoms with E-state index in [-0.39, 0.29) is 6.61 Å². The predicted molar refractivity (Wildman–Crippen MR) is 67.4 cm³/mol. The number of hydrogen-bond donors (Lipinski definition) is 1. The fraction of sp³-hybridized carbons (Fsp3) is 0.0714. The number of rotatable bonds is 3. The van der Waals surface area contributed by atoms with Crippen molar-refractivity contribution >= 4 is 11.8 Å². The van der Waals surface area contributed by atoms with Gasteiger partial charge in [-0.1, -0.05) is 48.2 Å². The summed E-state index contributed by atoms with van der Waals surface area (Å²) in [6.07, 6.45) is 0. The van der Waals surface area contributed by atoms with Gasteiger partial charge in [0.15, 0.2) is 0 Å². The van der Waals surface area contributed by atoms with Crippen molar-refractivity contribution in [3.63, 3.8) is 0 Å². The first-order valence-electron chi connectivity index (χ1n) is 5.09. The molecule has 2 aromatic carbocycles. The first kappa shape index (κ1) is 11.2. The third-order valence-electron chi connectivity index (χ3n) is 2.34. The van der Waals surface area contributed by atoms with Crippen LogP contribution in [0.25, 0.3) is 0 Å². The van der Waals surface area contributed by atoms with Crippen LogP contribution in [0.5, 0.6) is 0 Å². The Morgan fingerprint density at radius 1 is 0.938 bits per heavy atom. The quantitative estimate of drug-likeness (QED) is 0.869. The summed E-state index contributed by atoms with van der Waals surface area (Å²) in [4.78, 5) is 2.21. The zero-order chi connectivity index (χ0) is 11.4. The highest BCUT2D eigenvalue weighted by Crippen LogP contribution is 2.32. The van der Waals surface area contributed by atoms with E-state index in [2.05, 4.69) is 6.92 Å². The minimum absolute atomic E-state index is 0.0719. The summed E-state index contributed by atoms with van der Waals surface area (Å²) in [5, 5.41) is 9.24. The van der Waals surface area contributed by atoms with Gasteiger partial charge in [0.2, 0.25) is 0 Å². The van der Waals surface area contributed by atoms with Crippen LogP contribution in [0.1, 0.15) is 11.1 Å². The monoisotopic (exact) mass is 229 g/mol. The van der Waals surface area contributed by atoms with Crippen LogP contribution in [0.15, 0.2) is 58.3 Å². The van der Waals surface area contributed by atoms with Crippen LogP contribution in [0.4, 0.5) is 0 Å². The molecule has 0 fully saturated rings. The molecule has 1 N–H and O–H groups in total. The van der Waals surface area contributed by atoms with E-state index >= 15 is 0 Å². The molecule has 0 saturated heterocycles. The maximum atomic E-state index is 9.24. The van der Waals surface area contributed by atoms with E-state index in [9.17, 15) is 5.11 Å². The molecule has 0 saturated carbocycles. The molecule has 0 aliphatic heterocycles. The Kier molecular flexibility index (Phi) is 3.65. The van der Waals surface area contributed by atoms with Gasteiger partial charge in [0.05, 0.1) is 6.61 Å². The van der Waals surface area contributed by atoms with E-state index in [1.54, 1.807) is 11.8 Å². The lowest BCUT2D eigenvalue weighted by molar-refractivity contribution is 0.279. The highest BCUT2D eigenvalue weighted by molar-refractivity contribution is 7.99. The molecule has 16 heavy (non-hydrogen) atoms. The Bertz CT molecular complexity index is 480. The zero-order valence-electron chi connectivity index (χ0n) is 8.89. The molecule has 0 aromatic heterocycles. The van der Waals surface area contributed by atoms with Crippen LogP contribution in [0, 0.1) is 6.92 Å². The van der Waals surface area contributed by atoms with Crippen LogP contribution in [0.3, 0.4) is 0 Å². The minimum atomic E-state index is 0.0719. The minimum Gasteiger partial charge on any atom is -0.392 e. The Labute approximate surface area is 100 Å². The fourth-order valence-electron chi connectivity index (χ4n) is 1.46. The van der Waals surface area contributed by atoms with Gasteiger partial charge in [0, 0.05) is 9.79 Å². The van der Waals surface area contributed by atoms with Gasteiger partial charge >= 0.3 is 0 Å². The number of aliphatic hydroxyl groups excluding tert-OH is 1. The lowest BCUT2D eigenvalue weighted by atomic mass is 10.2. The Hall–Kier alpha value is -1.25. The Morgan fingerprint density at radius 3 is 2.25 bits per heavy atom. The molecule has 0 bridgehead atoms. The first-order valence-corrected chi connectivity index (χ1v) is 5.90. The maximum Gasteiger partial charge on any atom is 0.0692 e. The van der Waals surface area contributed by atoms with Crippen LogP contribution < -0.4 is 0 Å². The van der Waals surface area contributed by atoms with E-state index < -0.39 is 0 Å². The third kappa shape index (κ3) is 2.46. The molecule has 1 nitrogen and oxygen atoms in total. The van der Waals surface area contributed by atoms with Gasteiger partial charge in [0.25, 0.3) is 0 Å². The van der Waals surface area contributed by atoms with E-state index in [0.717, 1.165) is 20.9 Å². The second kappa shape index (κ2) is 5.19. The van der Waals surface area contributed by atoms with E-state index in [1.165, 1.54) is 0 Å². The lowest BCUT2D eigenvalue weighted by Crippen LogP contribution is -1.87. The predicted octanol–water partition coefficient (Wildman–Crippen LogP) is 3.51. The lowest BCUT2D eigenvalue weighted by Gasteiger charge is -2.08. The van der Waals surface area contributed by atoms with Gasteiger partial charge in [-0.25, -0.2) is 0 Å². The average molecular weight is 229 g/mol. The number of aliphatic hydroxyl groups is 1. The van der Waals surface area contributed by atoms with Gasteiger partial charge in [-0.15, -0.1) is 0 Å². The summed E-state index contributed by atoms with van der Waals surface area (Å²) in [6, 6.07) is 15.9. The van der Waals surface area contributed by atoms with Crippen LogP contribution in [-0.2, 0) is 6.61 Å². The van der Waals surface area contributed by atoms with Crippen molar-refractivity contribution in [1.29, 1.82) is 0 Å². The summed E-state index contributed by atoms with van der Waals surface area (Å²) >= 11 is 1.64. The van der Waals surface area contributed by atoms with Gasteiger partial charge in [-0.3, -0.25) is 0 Å². The topological polar surface area (TPSA) is 20.2 Å². The molecule has 0 heterocycles. The molecule has 0 spiro atoms. The normalized spacial score (nSPS) is 10.4. The van der Waals surface area contributed by atoms with Crippen LogP contribution in [0.2, 0.25) is 0 Å². The molecule has 1 radical (unpaired) electrons. The summed E-state index contributed by atoms with van der Waals surface area (Å²) in [5.74, 6) is 0. The second-order valence-electron chi connectivity index (χ2n) is 3.48. The Morgan fingerprint density at radius 2 is 1.56 bits per heavy atom. The molecule has 81 valence electrons. The van der Waals surface area contributed by atoms with Gasteiger partial charge in [-0.2, -0.15) is 0 Å². The molecule has 0 amide bonds. The van der Waals surface area contributed by atoms with Crippen molar-refractivity contribution < 1.29 is 5.11 Å². The molecule has 0 atom stereocenters. The smallest absolute Gasteiger partial charge is 0.0692 e. The molecular weight excluding hydrogens is 216 g/mol. The van der Waals surface area contributed by atoms with E-state index in [1.807, 2.05) is 48.5 Å². The fourth-order valence-corrected chi connectivity index (χ4v) is 2.45. The molecule has 2 rings (SSSR count). The first-order chi connectivity index (χ1) is 7.81. The maximum absolute atomic E-state index is 9.24. The van der Waals surface area contributed by atoms with Crippen molar-refractivity contribution in [1.82, 2.24) is 0 Å². The van der Waals surface area contributed by atoms with E-state index in [0.29, 0.717) is 0 Å². The molecule has 2 aromatic rings. The van der Waals surface area contributed by atoms with Crippen molar-refractivity contribution in [2.24, 2.45) is 0 Å². The third-order valence-corrected chi connectivity index (χ3v) is 3.57. The molecule has 0 aliphatic carbocycles. The average Bonchev–Trinajstić information content (AvgIpc) is 2.33. The van der Waals surface area contributed by atoms with Crippen molar-refractivity contribution in [3.8, 4) is 0 Å². The summed E-state index contributed by atoms with van der Waals surface area (Å²) in [7, 11) is 0. The molecule has 0 unspecified atom stereocenters. The largest absolute Gasteiger partial charge is 0.392 e. The van der Waals surface area contributed by atoms with Gasteiger partial charge < -0.3 is 5.11 Å². The van der Waals surface area contributed by atoms with Gasteiger partial charge in [0.1, 0.15) is 0 Å². The summed E-state index contributed by atoms with van der Waals surface area (Å²) in [6.45, 7) is 4.06. The number of benzene rings is 2. The Balaban J connectivity index is 2.30. The van der Waals surface area contributed by atoms with Crippen LogP contribution >= 0.6 is 11.8 Å². The highest BCUT2D eigenvalue weighted by atomic mass is 32.2. The number of hydrogen-bond acceptors (Lipinski definition) is 2. The standard InChI is InChI=1S/C14H13OS/c1-11-6-2-4-8-13(11)16-14-9-5-3-7-12(14)10-15/h2-9,15H,1,10H2. The highest BCUT2D eigenvalue weighted by Gasteiger charge is 2.04. The molecule has 2 heteroatoms. The molecular formula is C14H13OS. The second-order valence-corrected chi connectivity index (χ2v) is 4.56. The molecule has 0 aliphatic rings. The van der Waals surface area contributed by atoms with Gasteiger partial charge in [-0.05, 0) is 30.2 Å². The van der Waals surface area contributed by atoms with E-state index in [4.69, 9.17) is 0 Å². The van der Waals surface area contributed by atoms with Crippen molar-refractivity contribution in [2.75, 3.05) is 0 Å². The van der Waals surface area contributed by atoms with Crippen molar-refractivity contribution in [3.05, 3.63) is 66.6 Å². The van der Waals surface area contributed by atoms with Crippen molar-refractivity contribution in [2.45, 2.75) is 16.4 Å². The summed E-state index contributed by atoms with van der Waals surface area (Å²) < 4.78 is 0. The SMILES string of the molecule is [CH2]c1ccccc1Sc1ccccc1CO.